The van der Waals surface area contributed by atoms with Crippen LogP contribution in [0.4, 0.5) is 0 Å². The molecule has 7 aromatic carbocycles. The molecule has 11 rings (SSSR count). The molecule has 0 bridgehead atoms. The highest BCUT2D eigenvalue weighted by Gasteiger charge is 2.52. The van der Waals surface area contributed by atoms with E-state index in [-0.39, 0.29) is 5.41 Å². The van der Waals surface area contributed by atoms with Crippen LogP contribution < -0.4 is 0 Å². The molecule has 2 heteroatoms. The minimum Gasteiger partial charge on any atom is -0.228 e. The van der Waals surface area contributed by atoms with E-state index in [0.29, 0.717) is 0 Å². The van der Waals surface area contributed by atoms with Crippen LogP contribution in [0.25, 0.3) is 67.3 Å². The number of hydrogen-bond acceptors (Lipinski definition) is 2. The van der Waals surface area contributed by atoms with Crippen LogP contribution in [0.1, 0.15) is 47.2 Å². The van der Waals surface area contributed by atoms with Gasteiger partial charge in [0, 0.05) is 22.1 Å². The zero-order valence-corrected chi connectivity index (χ0v) is 29.1. The van der Waals surface area contributed by atoms with Gasteiger partial charge >= 0.3 is 0 Å². The van der Waals surface area contributed by atoms with Crippen molar-refractivity contribution in [2.24, 2.45) is 0 Å². The van der Waals surface area contributed by atoms with Crippen LogP contribution in [-0.2, 0) is 10.8 Å². The Morgan fingerprint density at radius 1 is 0.346 bits per heavy atom. The largest absolute Gasteiger partial charge is 0.228 e. The fourth-order valence-corrected chi connectivity index (χ4v) is 9.67. The van der Waals surface area contributed by atoms with Crippen molar-refractivity contribution < 1.29 is 0 Å². The van der Waals surface area contributed by atoms with Gasteiger partial charge in [0.25, 0.3) is 0 Å². The second-order valence-electron chi connectivity index (χ2n) is 14.9. The summed E-state index contributed by atoms with van der Waals surface area (Å²) >= 11 is 0. The normalized spacial score (nSPS) is 14.7. The summed E-state index contributed by atoms with van der Waals surface area (Å²) in [6, 6.07) is 62.0. The van der Waals surface area contributed by atoms with Crippen molar-refractivity contribution in [2.75, 3.05) is 0 Å². The summed E-state index contributed by atoms with van der Waals surface area (Å²) in [5, 5.41) is 0. The summed E-state index contributed by atoms with van der Waals surface area (Å²) in [6.45, 7) is 4.67. The van der Waals surface area contributed by atoms with Gasteiger partial charge in [-0.05, 0) is 78.9 Å². The molecular formula is C50H34N2. The number of nitrogens with zero attached hydrogens (tertiary/aromatic N) is 2. The molecule has 0 amide bonds. The van der Waals surface area contributed by atoms with Crippen LogP contribution in [0.5, 0.6) is 0 Å². The minimum atomic E-state index is -0.421. The fourth-order valence-electron chi connectivity index (χ4n) is 9.67. The highest BCUT2D eigenvalue weighted by atomic mass is 14.9. The third-order valence-corrected chi connectivity index (χ3v) is 11.9. The molecule has 1 aromatic heterocycles. The third-order valence-electron chi connectivity index (χ3n) is 11.9. The van der Waals surface area contributed by atoms with Crippen LogP contribution in [0, 0.1) is 0 Å². The third kappa shape index (κ3) is 3.79. The molecule has 0 fully saturated rings. The van der Waals surface area contributed by atoms with E-state index in [1.807, 2.05) is 0 Å². The van der Waals surface area contributed by atoms with E-state index < -0.39 is 5.41 Å². The molecule has 52 heavy (non-hydrogen) atoms. The molecule has 8 aromatic rings. The molecule has 0 atom stereocenters. The molecule has 1 spiro atoms. The molecule has 244 valence electrons. The highest BCUT2D eigenvalue weighted by Crippen LogP contribution is 2.63. The second-order valence-corrected chi connectivity index (χ2v) is 14.9. The first kappa shape index (κ1) is 29.4. The van der Waals surface area contributed by atoms with Crippen molar-refractivity contribution in [2.45, 2.75) is 24.7 Å². The van der Waals surface area contributed by atoms with Crippen molar-refractivity contribution in [1.29, 1.82) is 0 Å². The van der Waals surface area contributed by atoms with Crippen molar-refractivity contribution >= 4 is 0 Å². The summed E-state index contributed by atoms with van der Waals surface area (Å²) in [4.78, 5) is 10.8. The maximum absolute atomic E-state index is 5.46. The van der Waals surface area contributed by atoms with E-state index in [1.54, 1.807) is 0 Å². The van der Waals surface area contributed by atoms with Gasteiger partial charge in [-0.15, -0.1) is 0 Å². The molecule has 2 nitrogen and oxygen atoms in total. The van der Waals surface area contributed by atoms with Gasteiger partial charge in [0.15, 0.2) is 5.82 Å². The van der Waals surface area contributed by atoms with Crippen LogP contribution in [0.3, 0.4) is 0 Å². The predicted molar refractivity (Wildman–Crippen MR) is 212 cm³/mol. The summed E-state index contributed by atoms with van der Waals surface area (Å²) in [5.41, 5.74) is 20.2. The molecule has 3 aliphatic rings. The molecule has 0 radical (unpaired) electrons. The monoisotopic (exact) mass is 662 g/mol. The standard InChI is InChI=1S/C50H34N2/c1-49(2)39-22-10-6-17-33(39)36-28-27-32(29-44(36)49)46-30-45(31-15-4-3-5-16-31)51-48(52-46)38-21-14-26-43-47(38)37-20-9-13-25-42(37)50(43)40-23-11-7-18-34(40)35-19-8-12-24-41(35)50/h3-30H,1-2H3. The van der Waals surface area contributed by atoms with E-state index in [0.717, 1.165) is 33.9 Å². The van der Waals surface area contributed by atoms with E-state index in [1.165, 1.54) is 66.8 Å². The average Bonchev–Trinajstić information content (AvgIpc) is 3.77. The van der Waals surface area contributed by atoms with Gasteiger partial charge in [-0.1, -0.05) is 172 Å². The second kappa shape index (κ2) is 10.6. The smallest absolute Gasteiger partial charge is 0.161 e. The van der Waals surface area contributed by atoms with Gasteiger partial charge in [0.1, 0.15) is 0 Å². The fraction of sp³-hybridized carbons (Fsp3) is 0.0800. The Labute approximate surface area is 304 Å². The minimum absolute atomic E-state index is 0.105. The molecule has 0 aliphatic heterocycles. The lowest BCUT2D eigenvalue weighted by molar-refractivity contribution is 0.660. The lowest BCUT2D eigenvalue weighted by atomic mass is 9.70. The number of fused-ring (bicyclic) bond motifs is 13. The number of benzene rings is 7. The molecular weight excluding hydrogens is 629 g/mol. The lowest BCUT2D eigenvalue weighted by Crippen LogP contribution is -2.25. The molecule has 1 heterocycles. The number of hydrogen-bond donors (Lipinski definition) is 0. The first-order valence-corrected chi connectivity index (χ1v) is 18.2. The van der Waals surface area contributed by atoms with Crippen molar-refractivity contribution in [1.82, 2.24) is 9.97 Å². The summed E-state index contributed by atoms with van der Waals surface area (Å²) in [6.07, 6.45) is 0. The van der Waals surface area contributed by atoms with Crippen molar-refractivity contribution in [3.05, 3.63) is 203 Å². The number of aromatic nitrogens is 2. The highest BCUT2D eigenvalue weighted by molar-refractivity contribution is 5.99. The lowest BCUT2D eigenvalue weighted by Gasteiger charge is -2.30. The van der Waals surface area contributed by atoms with E-state index in [9.17, 15) is 0 Å². The van der Waals surface area contributed by atoms with Gasteiger partial charge in [-0.3, -0.25) is 0 Å². The zero-order chi connectivity index (χ0) is 34.6. The molecule has 3 aliphatic carbocycles. The van der Waals surface area contributed by atoms with Gasteiger partial charge in [0.05, 0.1) is 16.8 Å². The maximum atomic E-state index is 5.46. The van der Waals surface area contributed by atoms with Gasteiger partial charge in [0.2, 0.25) is 0 Å². The van der Waals surface area contributed by atoms with E-state index in [4.69, 9.17) is 9.97 Å². The quantitative estimate of drug-likeness (QED) is 0.188. The van der Waals surface area contributed by atoms with Gasteiger partial charge in [-0.25, -0.2) is 9.97 Å². The Morgan fingerprint density at radius 2 is 0.827 bits per heavy atom. The number of rotatable bonds is 3. The molecule has 0 saturated carbocycles. The van der Waals surface area contributed by atoms with E-state index in [2.05, 4.69) is 184 Å². The molecule has 0 unspecified atom stereocenters. The molecule has 0 saturated heterocycles. The van der Waals surface area contributed by atoms with Crippen molar-refractivity contribution in [3.8, 4) is 67.3 Å². The molecule has 0 N–H and O–H groups in total. The Morgan fingerprint density at radius 3 is 1.50 bits per heavy atom. The first-order valence-electron chi connectivity index (χ1n) is 18.2. The van der Waals surface area contributed by atoms with Crippen LogP contribution >= 0.6 is 0 Å². The predicted octanol–water partition coefficient (Wildman–Crippen LogP) is 12.1. The first-order chi connectivity index (χ1) is 25.5. The maximum Gasteiger partial charge on any atom is 0.161 e. The Bertz CT molecular complexity index is 2730. The topological polar surface area (TPSA) is 25.8 Å². The van der Waals surface area contributed by atoms with Gasteiger partial charge in [-0.2, -0.15) is 0 Å². The van der Waals surface area contributed by atoms with Crippen LogP contribution in [-0.4, -0.2) is 9.97 Å². The SMILES string of the molecule is CC1(C)c2ccccc2-c2ccc(-c3cc(-c4ccccc4)nc(-c4cccc5c4-c4ccccc4C54c5ccccc5-c5ccccc54)n3)cc21. The van der Waals surface area contributed by atoms with E-state index >= 15 is 0 Å². The van der Waals surface area contributed by atoms with Crippen LogP contribution in [0.2, 0.25) is 0 Å². The van der Waals surface area contributed by atoms with Crippen molar-refractivity contribution in [3.63, 3.8) is 0 Å². The zero-order valence-electron chi connectivity index (χ0n) is 29.1. The Balaban J connectivity index is 1.17. The summed E-state index contributed by atoms with van der Waals surface area (Å²) in [7, 11) is 0. The Hall–Kier alpha value is -6.38. The Kier molecular flexibility index (Phi) is 5.97. The average molecular weight is 663 g/mol. The van der Waals surface area contributed by atoms with Gasteiger partial charge < -0.3 is 0 Å². The summed E-state index contributed by atoms with van der Waals surface area (Å²) in [5.74, 6) is 0.739. The summed E-state index contributed by atoms with van der Waals surface area (Å²) < 4.78 is 0. The van der Waals surface area contributed by atoms with Crippen LogP contribution in [0.15, 0.2) is 170 Å².